The Balaban J connectivity index is 1.94. The Morgan fingerprint density at radius 2 is 1.86 bits per heavy atom. The zero-order valence-electron chi connectivity index (χ0n) is 17.9. The van der Waals surface area contributed by atoms with Crippen molar-refractivity contribution in [3.05, 3.63) is 40.9 Å². The Morgan fingerprint density at radius 3 is 2.41 bits per heavy atom. The van der Waals surface area contributed by atoms with Crippen LogP contribution < -0.4 is 0 Å². The summed E-state index contributed by atoms with van der Waals surface area (Å²) in [6.45, 7) is 13.3. The number of hydrogen-bond acceptors (Lipinski definition) is 5. The molecule has 162 valence electrons. The first kappa shape index (κ1) is 24.6. The summed E-state index contributed by atoms with van der Waals surface area (Å²) < 4.78 is 33.3. The third-order valence-electron chi connectivity index (χ3n) is 5.61. The minimum absolute atomic E-state index is 0.0925. The molecule has 1 aromatic carbocycles. The molecule has 2 rings (SSSR count). The second-order valence-corrected chi connectivity index (χ2v) is 16.8. The van der Waals surface area contributed by atoms with Crippen LogP contribution in [0.25, 0.3) is 0 Å². The van der Waals surface area contributed by atoms with E-state index < -0.39 is 24.4 Å². The molecule has 5 nitrogen and oxygen atoms in total. The van der Waals surface area contributed by atoms with Gasteiger partial charge in [0, 0.05) is 29.5 Å². The quantitative estimate of drug-likeness (QED) is 0.412. The van der Waals surface area contributed by atoms with Gasteiger partial charge in [0.1, 0.15) is 0 Å². The summed E-state index contributed by atoms with van der Waals surface area (Å²) in [4.78, 5) is 12.8. The van der Waals surface area contributed by atoms with E-state index in [0.717, 1.165) is 0 Å². The number of rotatable bonds is 7. The van der Waals surface area contributed by atoms with E-state index in [1.54, 1.807) is 25.1 Å². The summed E-state index contributed by atoms with van der Waals surface area (Å²) in [5.74, 6) is 0.555. The van der Waals surface area contributed by atoms with Crippen molar-refractivity contribution in [3.8, 4) is 0 Å². The first-order valence-electron chi connectivity index (χ1n) is 9.56. The van der Waals surface area contributed by atoms with Gasteiger partial charge in [-0.2, -0.15) is 4.31 Å². The maximum atomic E-state index is 12.9. The molecule has 1 atom stereocenters. The van der Waals surface area contributed by atoms with Gasteiger partial charge in [-0.1, -0.05) is 50.2 Å². The van der Waals surface area contributed by atoms with E-state index in [-0.39, 0.29) is 21.6 Å². The van der Waals surface area contributed by atoms with E-state index >= 15 is 0 Å². The van der Waals surface area contributed by atoms with Crippen molar-refractivity contribution in [3.63, 3.8) is 0 Å². The minimum atomic E-state index is -3.69. The third-order valence-corrected chi connectivity index (χ3v) is 13.2. The van der Waals surface area contributed by atoms with E-state index in [4.69, 9.17) is 16.0 Å². The lowest BCUT2D eigenvalue weighted by Gasteiger charge is -2.36. The molecule has 1 heterocycles. The van der Waals surface area contributed by atoms with Crippen LogP contribution in [0.15, 0.2) is 40.8 Å². The van der Waals surface area contributed by atoms with Crippen molar-refractivity contribution in [2.75, 3.05) is 18.9 Å². The van der Waals surface area contributed by atoms with Crippen LogP contribution in [0.1, 0.15) is 27.7 Å². The van der Waals surface area contributed by atoms with Crippen LogP contribution in [-0.4, -0.2) is 51.1 Å². The molecule has 0 radical (unpaired) electrons. The van der Waals surface area contributed by atoms with Gasteiger partial charge in [-0.3, -0.25) is 4.79 Å². The van der Waals surface area contributed by atoms with Gasteiger partial charge in [0.2, 0.25) is 15.1 Å². The molecular weight excluding hydrogens is 446 g/mol. The number of sulfonamides is 1. The SMILES string of the molecule is C[C@@H]1C(C(=O)SCCO[Si](C)(C)C(C)(C)C)=CCN1S(=O)(=O)c1ccc(Cl)cc1. The van der Waals surface area contributed by atoms with Crippen LogP contribution in [0.3, 0.4) is 0 Å². The number of halogens is 1. The van der Waals surface area contributed by atoms with E-state index in [1.807, 2.05) is 0 Å². The Labute approximate surface area is 185 Å². The van der Waals surface area contributed by atoms with Crippen LogP contribution in [0, 0.1) is 0 Å². The zero-order chi connectivity index (χ0) is 22.0. The summed E-state index contributed by atoms with van der Waals surface area (Å²) in [6.07, 6.45) is 1.71. The molecule has 0 N–H and O–H groups in total. The van der Waals surface area contributed by atoms with Gasteiger partial charge in [0.05, 0.1) is 10.9 Å². The lowest BCUT2D eigenvalue weighted by atomic mass is 10.2. The molecule has 0 saturated heterocycles. The monoisotopic (exact) mass is 475 g/mol. The summed E-state index contributed by atoms with van der Waals surface area (Å²) in [5.41, 5.74) is 0.528. The molecule has 1 aliphatic rings. The maximum Gasteiger partial charge on any atom is 0.243 e. The van der Waals surface area contributed by atoms with Gasteiger partial charge in [-0.15, -0.1) is 0 Å². The van der Waals surface area contributed by atoms with Gasteiger partial charge in [0.15, 0.2) is 8.32 Å². The normalized spacial score (nSPS) is 18.7. The molecule has 0 aliphatic carbocycles. The van der Waals surface area contributed by atoms with Crippen LogP contribution in [0.5, 0.6) is 0 Å². The largest absolute Gasteiger partial charge is 0.416 e. The molecule has 9 heteroatoms. The first-order valence-corrected chi connectivity index (χ1v) is 15.3. The fourth-order valence-corrected chi connectivity index (χ4v) is 6.35. The summed E-state index contributed by atoms with van der Waals surface area (Å²) in [5, 5.41) is 0.509. The van der Waals surface area contributed by atoms with Crippen molar-refractivity contribution >= 4 is 46.8 Å². The fourth-order valence-electron chi connectivity index (χ4n) is 2.71. The van der Waals surface area contributed by atoms with E-state index in [2.05, 4.69) is 33.9 Å². The fraction of sp³-hybridized carbons (Fsp3) is 0.550. The first-order chi connectivity index (χ1) is 13.3. The molecule has 0 unspecified atom stereocenters. The molecule has 29 heavy (non-hydrogen) atoms. The molecule has 0 aromatic heterocycles. The number of carbonyl (C=O) groups is 1. The lowest BCUT2D eigenvalue weighted by molar-refractivity contribution is -0.108. The smallest absolute Gasteiger partial charge is 0.243 e. The van der Waals surface area contributed by atoms with Crippen molar-refractivity contribution in [1.29, 1.82) is 0 Å². The van der Waals surface area contributed by atoms with Crippen LogP contribution in [0.4, 0.5) is 0 Å². The molecule has 0 fully saturated rings. The summed E-state index contributed by atoms with van der Waals surface area (Å²) in [6, 6.07) is 5.56. The molecular formula is C20H30ClNO4S2Si. The third kappa shape index (κ3) is 5.74. The number of carbonyl (C=O) groups excluding carboxylic acids is 1. The topological polar surface area (TPSA) is 63.7 Å². The van der Waals surface area contributed by atoms with Gasteiger partial charge in [-0.25, -0.2) is 8.42 Å². The predicted octanol–water partition coefficient (Wildman–Crippen LogP) is 4.94. The lowest BCUT2D eigenvalue weighted by Crippen LogP contribution is -2.41. The highest BCUT2D eigenvalue weighted by Gasteiger charge is 2.38. The molecule has 0 saturated carbocycles. The van der Waals surface area contributed by atoms with Crippen LogP contribution >= 0.6 is 23.4 Å². The van der Waals surface area contributed by atoms with Gasteiger partial charge >= 0.3 is 0 Å². The number of nitrogens with zero attached hydrogens (tertiary/aromatic N) is 1. The number of hydrogen-bond donors (Lipinski definition) is 0. The molecule has 1 aromatic rings. The van der Waals surface area contributed by atoms with E-state index in [1.165, 1.54) is 28.2 Å². The highest BCUT2D eigenvalue weighted by Crippen LogP contribution is 2.36. The van der Waals surface area contributed by atoms with Gasteiger partial charge in [0.25, 0.3) is 0 Å². The van der Waals surface area contributed by atoms with Crippen molar-refractivity contribution < 1.29 is 17.6 Å². The van der Waals surface area contributed by atoms with Gasteiger partial charge in [-0.05, 0) is 49.3 Å². The molecule has 1 aliphatic heterocycles. The van der Waals surface area contributed by atoms with E-state index in [0.29, 0.717) is 23.0 Å². The Hall–Kier alpha value is -0.643. The highest BCUT2D eigenvalue weighted by atomic mass is 35.5. The predicted molar refractivity (Wildman–Crippen MR) is 124 cm³/mol. The standard InChI is InChI=1S/C20H30ClNO4S2Si/c1-15-18(19(23)27-14-13-26-29(5,6)20(2,3)4)11-12-22(15)28(24,25)17-9-7-16(21)8-10-17/h7-11,15H,12-14H2,1-6H3/t15-/m1/s1. The highest BCUT2D eigenvalue weighted by molar-refractivity contribution is 8.14. The second kappa shape index (κ2) is 9.24. The summed E-state index contributed by atoms with van der Waals surface area (Å²) >= 11 is 7.04. The minimum Gasteiger partial charge on any atom is -0.416 e. The molecule has 0 spiro atoms. The Bertz CT molecular complexity index is 877. The average Bonchev–Trinajstić information content (AvgIpc) is 3.00. The van der Waals surface area contributed by atoms with Crippen molar-refractivity contribution in [2.45, 2.75) is 56.8 Å². The number of benzene rings is 1. The van der Waals surface area contributed by atoms with Crippen molar-refractivity contribution in [1.82, 2.24) is 4.31 Å². The van der Waals surface area contributed by atoms with Crippen molar-refractivity contribution in [2.24, 2.45) is 0 Å². The van der Waals surface area contributed by atoms with E-state index in [9.17, 15) is 13.2 Å². The Kier molecular flexibility index (Phi) is 7.84. The number of thioether (sulfide) groups is 1. The van der Waals surface area contributed by atoms with Gasteiger partial charge < -0.3 is 4.43 Å². The average molecular weight is 476 g/mol. The maximum absolute atomic E-state index is 12.9. The van der Waals surface area contributed by atoms with Crippen LogP contribution in [0.2, 0.25) is 23.2 Å². The summed E-state index contributed by atoms with van der Waals surface area (Å²) in [7, 11) is -5.53. The Morgan fingerprint density at radius 1 is 1.28 bits per heavy atom. The second-order valence-electron chi connectivity index (χ2n) is 8.61. The molecule has 0 amide bonds. The molecule has 0 bridgehead atoms. The zero-order valence-corrected chi connectivity index (χ0v) is 21.2. The van der Waals surface area contributed by atoms with Crippen LogP contribution in [-0.2, 0) is 19.2 Å².